The predicted octanol–water partition coefficient (Wildman–Crippen LogP) is -1.38. The van der Waals surface area contributed by atoms with Gasteiger partial charge >= 0.3 is 0 Å². The highest BCUT2D eigenvalue weighted by atomic mass is 35.5. The molecular weight excluding hydrogens is 182 g/mol. The van der Waals surface area contributed by atoms with Crippen molar-refractivity contribution >= 4 is 11.6 Å². The third-order valence-corrected chi connectivity index (χ3v) is 2.34. The molecule has 4 nitrogen and oxygen atoms in total. The van der Waals surface area contributed by atoms with Gasteiger partial charge in [-0.05, 0) is 0 Å². The second-order valence-corrected chi connectivity index (χ2v) is 3.47. The first kappa shape index (κ1) is 10.2. The summed E-state index contributed by atoms with van der Waals surface area (Å²) in [6.07, 6.45) is -1.95. The van der Waals surface area contributed by atoms with Crippen LogP contribution in [0.2, 0.25) is 0 Å². The Hall–Kier alpha value is 0.130. The summed E-state index contributed by atoms with van der Waals surface area (Å²) in [6, 6.07) is 0. The SMILES string of the molecule is OC(CCl)CN1CC(O)C(O)C1. The molecule has 1 rings (SSSR count). The number of rotatable bonds is 3. The lowest BCUT2D eigenvalue weighted by Crippen LogP contribution is -2.32. The summed E-state index contributed by atoms with van der Waals surface area (Å²) >= 11 is 5.40. The lowest BCUT2D eigenvalue weighted by molar-refractivity contribution is 0.0572. The van der Waals surface area contributed by atoms with Crippen LogP contribution in [-0.4, -0.2) is 64.0 Å². The lowest BCUT2D eigenvalue weighted by atomic mass is 10.3. The molecule has 0 bridgehead atoms. The predicted molar refractivity (Wildman–Crippen MR) is 45.2 cm³/mol. The van der Waals surface area contributed by atoms with Crippen LogP contribution in [-0.2, 0) is 0 Å². The van der Waals surface area contributed by atoms with E-state index >= 15 is 0 Å². The van der Waals surface area contributed by atoms with Gasteiger partial charge < -0.3 is 15.3 Å². The van der Waals surface area contributed by atoms with Crippen molar-refractivity contribution in [1.29, 1.82) is 0 Å². The molecule has 3 atom stereocenters. The van der Waals surface area contributed by atoms with Gasteiger partial charge in [-0.2, -0.15) is 0 Å². The third-order valence-electron chi connectivity index (χ3n) is 1.98. The van der Waals surface area contributed by atoms with E-state index in [4.69, 9.17) is 26.9 Å². The summed E-state index contributed by atoms with van der Waals surface area (Å²) in [4.78, 5) is 1.79. The van der Waals surface area contributed by atoms with Gasteiger partial charge in [-0.1, -0.05) is 0 Å². The molecule has 3 N–H and O–H groups in total. The summed E-state index contributed by atoms with van der Waals surface area (Å²) in [5.74, 6) is 0.183. The highest BCUT2D eigenvalue weighted by Gasteiger charge is 2.30. The Morgan fingerprint density at radius 3 is 2.25 bits per heavy atom. The zero-order valence-electron chi connectivity index (χ0n) is 6.73. The fourth-order valence-electron chi connectivity index (χ4n) is 1.34. The van der Waals surface area contributed by atoms with Crippen LogP contribution in [0.4, 0.5) is 0 Å². The average molecular weight is 196 g/mol. The molecule has 0 aromatic carbocycles. The van der Waals surface area contributed by atoms with E-state index in [1.807, 2.05) is 0 Å². The molecular formula is C7H14ClNO3. The number of hydrogen-bond donors (Lipinski definition) is 3. The Bertz CT molecular complexity index is 137. The molecule has 5 heteroatoms. The van der Waals surface area contributed by atoms with Crippen molar-refractivity contribution in [2.75, 3.05) is 25.5 Å². The van der Waals surface area contributed by atoms with Gasteiger partial charge in [-0.3, -0.25) is 4.90 Å². The first-order valence-corrected chi connectivity index (χ1v) is 4.49. The van der Waals surface area contributed by atoms with Gasteiger partial charge in [0.25, 0.3) is 0 Å². The van der Waals surface area contributed by atoms with Crippen molar-refractivity contribution < 1.29 is 15.3 Å². The smallest absolute Gasteiger partial charge is 0.0938 e. The van der Waals surface area contributed by atoms with E-state index in [2.05, 4.69) is 0 Å². The van der Waals surface area contributed by atoms with Crippen molar-refractivity contribution in [3.63, 3.8) is 0 Å². The lowest BCUT2D eigenvalue weighted by Gasteiger charge is -2.17. The highest BCUT2D eigenvalue weighted by molar-refractivity contribution is 6.18. The Balaban J connectivity index is 2.27. The minimum atomic E-state index is -0.687. The van der Waals surface area contributed by atoms with Gasteiger partial charge in [0.05, 0.1) is 18.3 Å². The van der Waals surface area contributed by atoms with Crippen molar-refractivity contribution in [3.05, 3.63) is 0 Å². The number of nitrogens with zero attached hydrogens (tertiary/aromatic N) is 1. The van der Waals surface area contributed by atoms with E-state index in [9.17, 15) is 0 Å². The summed E-state index contributed by atoms with van der Waals surface area (Å²) in [5, 5.41) is 27.4. The van der Waals surface area contributed by atoms with Gasteiger partial charge in [0.2, 0.25) is 0 Å². The minimum absolute atomic E-state index is 0.183. The van der Waals surface area contributed by atoms with E-state index in [0.29, 0.717) is 19.6 Å². The maximum Gasteiger partial charge on any atom is 0.0938 e. The number of β-amino-alcohol motifs (C(OH)–C–C–N with tert-alkyl or cyclic N) is 3. The van der Waals surface area contributed by atoms with Crippen LogP contribution in [0.1, 0.15) is 0 Å². The molecule has 0 spiro atoms. The van der Waals surface area contributed by atoms with Crippen LogP contribution >= 0.6 is 11.6 Å². The van der Waals surface area contributed by atoms with Crippen LogP contribution in [0.25, 0.3) is 0 Å². The first-order chi connectivity index (χ1) is 5.63. The quantitative estimate of drug-likeness (QED) is 0.486. The minimum Gasteiger partial charge on any atom is -0.391 e. The summed E-state index contributed by atoms with van der Waals surface area (Å²) in [7, 11) is 0. The average Bonchev–Trinajstić information content (AvgIpc) is 2.31. The van der Waals surface area contributed by atoms with E-state index in [1.165, 1.54) is 0 Å². The second kappa shape index (κ2) is 4.39. The van der Waals surface area contributed by atoms with Gasteiger partial charge in [-0.25, -0.2) is 0 Å². The zero-order valence-corrected chi connectivity index (χ0v) is 7.48. The Labute approximate surface area is 76.4 Å². The van der Waals surface area contributed by atoms with E-state index in [-0.39, 0.29) is 5.88 Å². The van der Waals surface area contributed by atoms with Crippen LogP contribution in [0.3, 0.4) is 0 Å². The van der Waals surface area contributed by atoms with Gasteiger partial charge in [0.15, 0.2) is 0 Å². The monoisotopic (exact) mass is 195 g/mol. The molecule has 0 saturated carbocycles. The van der Waals surface area contributed by atoms with Crippen molar-refractivity contribution in [3.8, 4) is 0 Å². The normalized spacial score (nSPS) is 34.0. The van der Waals surface area contributed by atoms with Gasteiger partial charge in [-0.15, -0.1) is 11.6 Å². The largest absolute Gasteiger partial charge is 0.391 e. The highest BCUT2D eigenvalue weighted by Crippen LogP contribution is 2.10. The van der Waals surface area contributed by atoms with Crippen LogP contribution in [0.15, 0.2) is 0 Å². The van der Waals surface area contributed by atoms with Crippen molar-refractivity contribution in [2.45, 2.75) is 18.3 Å². The molecule has 72 valence electrons. The zero-order chi connectivity index (χ0) is 9.14. The van der Waals surface area contributed by atoms with E-state index < -0.39 is 18.3 Å². The number of halogens is 1. The van der Waals surface area contributed by atoms with Crippen molar-refractivity contribution in [1.82, 2.24) is 4.90 Å². The Morgan fingerprint density at radius 1 is 1.33 bits per heavy atom. The molecule has 3 unspecified atom stereocenters. The molecule has 0 aromatic heterocycles. The Kier molecular flexibility index (Phi) is 3.74. The molecule has 0 aromatic rings. The number of aliphatic hydroxyl groups excluding tert-OH is 3. The third kappa shape index (κ3) is 2.57. The number of aliphatic hydroxyl groups is 3. The fourth-order valence-corrected chi connectivity index (χ4v) is 1.44. The second-order valence-electron chi connectivity index (χ2n) is 3.16. The standard InChI is InChI=1S/C7H14ClNO3/c8-1-5(10)2-9-3-6(11)7(12)4-9/h5-7,10-12H,1-4H2. The molecule has 1 aliphatic rings. The first-order valence-electron chi connectivity index (χ1n) is 3.96. The summed E-state index contributed by atoms with van der Waals surface area (Å²) in [5.41, 5.74) is 0. The molecule has 0 aliphatic carbocycles. The number of hydrogen-bond acceptors (Lipinski definition) is 4. The molecule has 0 radical (unpaired) electrons. The molecule has 1 fully saturated rings. The van der Waals surface area contributed by atoms with E-state index in [1.54, 1.807) is 4.90 Å². The van der Waals surface area contributed by atoms with Gasteiger partial charge in [0, 0.05) is 25.5 Å². The fraction of sp³-hybridized carbons (Fsp3) is 1.00. The van der Waals surface area contributed by atoms with Crippen molar-refractivity contribution in [2.24, 2.45) is 0 Å². The summed E-state index contributed by atoms with van der Waals surface area (Å²) < 4.78 is 0. The number of alkyl halides is 1. The molecule has 0 amide bonds. The molecule has 1 saturated heterocycles. The van der Waals surface area contributed by atoms with Crippen LogP contribution in [0, 0.1) is 0 Å². The van der Waals surface area contributed by atoms with Crippen LogP contribution in [0.5, 0.6) is 0 Å². The van der Waals surface area contributed by atoms with Crippen LogP contribution < -0.4 is 0 Å². The topological polar surface area (TPSA) is 63.9 Å². The molecule has 12 heavy (non-hydrogen) atoms. The van der Waals surface area contributed by atoms with Gasteiger partial charge in [0.1, 0.15) is 0 Å². The molecule has 1 aliphatic heterocycles. The van der Waals surface area contributed by atoms with E-state index in [0.717, 1.165) is 0 Å². The maximum absolute atomic E-state index is 9.15. The maximum atomic E-state index is 9.15. The number of likely N-dealkylation sites (tertiary alicyclic amines) is 1. The summed E-state index contributed by atoms with van der Waals surface area (Å²) in [6.45, 7) is 1.24. The molecule has 1 heterocycles. The Morgan fingerprint density at radius 2 is 1.83 bits per heavy atom.